The number of nitrogens with zero attached hydrogens (tertiary/aromatic N) is 3. The summed E-state index contributed by atoms with van der Waals surface area (Å²) in [5.41, 5.74) is 0. The molecule has 0 saturated heterocycles. The fourth-order valence-corrected chi connectivity index (χ4v) is 0.284. The molecule has 0 aliphatic heterocycles. The van der Waals surface area contributed by atoms with E-state index in [-0.39, 0.29) is 0 Å². The number of hydrogen-bond donors (Lipinski definition) is 1. The van der Waals surface area contributed by atoms with Crippen LogP contribution in [0.1, 0.15) is 0 Å². The first-order chi connectivity index (χ1) is 3.43. The van der Waals surface area contributed by atoms with Gasteiger partial charge in [0.1, 0.15) is 19.0 Å². The van der Waals surface area contributed by atoms with Crippen LogP contribution in [-0.4, -0.2) is 21.1 Å². The van der Waals surface area contributed by atoms with Gasteiger partial charge in [0, 0.05) is 0 Å². The Morgan fingerprint density at radius 2 is 2.57 bits per heavy atom. The van der Waals surface area contributed by atoms with E-state index in [4.69, 9.17) is 5.41 Å². The fourth-order valence-electron chi connectivity index (χ4n) is 0.284. The highest BCUT2D eigenvalue weighted by molar-refractivity contribution is 5.51. The van der Waals surface area contributed by atoms with Crippen LogP contribution in [0.25, 0.3) is 0 Å². The molecule has 0 aliphatic carbocycles. The Morgan fingerprint density at radius 1 is 1.71 bits per heavy atom. The van der Waals surface area contributed by atoms with Gasteiger partial charge in [-0.15, -0.1) is 0 Å². The average Bonchev–Trinajstić information content (AvgIpc) is 2.14. The summed E-state index contributed by atoms with van der Waals surface area (Å²) < 4.78 is 1.31. The summed E-state index contributed by atoms with van der Waals surface area (Å²) in [5, 5.41) is 10.2. The van der Waals surface area contributed by atoms with Crippen molar-refractivity contribution in [3.63, 3.8) is 0 Å². The monoisotopic (exact) mass is 96.0 g/mol. The van der Waals surface area contributed by atoms with Crippen LogP contribution in [0.3, 0.4) is 0 Å². The molecular weight excluding hydrogens is 92.1 g/mol. The van der Waals surface area contributed by atoms with Crippen LogP contribution in [-0.2, 0) is 0 Å². The first-order valence-corrected chi connectivity index (χ1v) is 1.78. The maximum absolute atomic E-state index is 6.60. The fraction of sp³-hybridized carbons (Fsp3) is 0. The van der Waals surface area contributed by atoms with Crippen LogP contribution >= 0.6 is 0 Å². The second-order valence-corrected chi connectivity index (χ2v) is 1.00. The molecule has 1 aromatic rings. The lowest BCUT2D eigenvalue weighted by Gasteiger charge is -1.76. The molecule has 0 aliphatic rings. The van der Waals surface area contributed by atoms with Crippen LogP contribution < -0.4 is 0 Å². The normalized spacial score (nSPS) is 8.57. The third kappa shape index (κ3) is 0.623. The molecule has 36 valence electrons. The first kappa shape index (κ1) is 3.98. The minimum atomic E-state index is 1.08. The molecule has 0 unspecified atom stereocenters. The highest BCUT2D eigenvalue weighted by Gasteiger charge is 1.75. The maximum atomic E-state index is 6.60. The molecule has 4 heteroatoms. The molecule has 0 amide bonds. The van der Waals surface area contributed by atoms with Crippen molar-refractivity contribution in [1.29, 1.82) is 5.41 Å². The Bertz CT molecular complexity index is 142. The van der Waals surface area contributed by atoms with E-state index in [9.17, 15) is 0 Å². The van der Waals surface area contributed by atoms with Gasteiger partial charge in [0.25, 0.3) is 0 Å². The van der Waals surface area contributed by atoms with E-state index >= 15 is 0 Å². The number of aromatic nitrogens is 3. The van der Waals surface area contributed by atoms with E-state index in [1.54, 1.807) is 0 Å². The van der Waals surface area contributed by atoms with Gasteiger partial charge in [0.15, 0.2) is 0 Å². The van der Waals surface area contributed by atoms with Gasteiger partial charge in [-0.3, -0.25) is 5.41 Å². The van der Waals surface area contributed by atoms with Gasteiger partial charge in [-0.25, -0.2) is 9.67 Å². The molecule has 1 rings (SSSR count). The largest absolute Gasteiger partial charge is 0.289 e. The second kappa shape index (κ2) is 1.51. The van der Waals surface area contributed by atoms with E-state index in [0.29, 0.717) is 0 Å². The molecule has 7 heavy (non-hydrogen) atoms. The molecule has 0 aromatic carbocycles. The van der Waals surface area contributed by atoms with Crippen LogP contribution in [0.2, 0.25) is 0 Å². The van der Waals surface area contributed by atoms with Crippen molar-refractivity contribution in [2.45, 2.75) is 0 Å². The highest BCUT2D eigenvalue weighted by Crippen LogP contribution is 1.66. The molecule has 0 fully saturated rings. The third-order valence-electron chi connectivity index (χ3n) is 0.569. The van der Waals surface area contributed by atoms with Crippen molar-refractivity contribution >= 4 is 6.34 Å². The van der Waals surface area contributed by atoms with E-state index in [1.165, 1.54) is 17.3 Å². The van der Waals surface area contributed by atoms with Gasteiger partial charge < -0.3 is 0 Å². The molecular formula is C3H4N4. The standard InChI is InChI=1S/C3H4N4/c4-1-7-3-5-2-6-7/h1-4H. The predicted octanol–water partition coefficient (Wildman–Crippen LogP) is -0.267. The topological polar surface area (TPSA) is 54.6 Å². The Kier molecular flexibility index (Phi) is 0.856. The van der Waals surface area contributed by atoms with Crippen molar-refractivity contribution in [3.05, 3.63) is 12.7 Å². The summed E-state index contributed by atoms with van der Waals surface area (Å²) in [4.78, 5) is 3.59. The van der Waals surface area contributed by atoms with Crippen molar-refractivity contribution in [1.82, 2.24) is 14.8 Å². The summed E-state index contributed by atoms with van der Waals surface area (Å²) in [7, 11) is 0. The summed E-state index contributed by atoms with van der Waals surface area (Å²) in [6, 6.07) is 0. The second-order valence-electron chi connectivity index (χ2n) is 1.00. The number of hydrogen-bond acceptors (Lipinski definition) is 3. The smallest absolute Gasteiger partial charge is 0.138 e. The highest BCUT2D eigenvalue weighted by atomic mass is 15.3. The molecule has 0 radical (unpaired) electrons. The summed E-state index contributed by atoms with van der Waals surface area (Å²) in [6.45, 7) is 0. The Balaban J connectivity index is 2.96. The molecule has 0 atom stereocenters. The molecule has 4 nitrogen and oxygen atoms in total. The average molecular weight is 96.1 g/mol. The molecule has 0 saturated carbocycles. The lowest BCUT2D eigenvalue weighted by molar-refractivity contribution is 0.949. The molecule has 0 bridgehead atoms. The van der Waals surface area contributed by atoms with Gasteiger partial charge in [0.2, 0.25) is 0 Å². The zero-order chi connectivity index (χ0) is 5.11. The predicted molar refractivity (Wildman–Crippen MR) is 24.2 cm³/mol. The number of nitrogens with one attached hydrogen (secondary N) is 1. The molecule has 0 spiro atoms. The lowest BCUT2D eigenvalue weighted by Crippen LogP contribution is -1.91. The van der Waals surface area contributed by atoms with Gasteiger partial charge >= 0.3 is 0 Å². The Labute approximate surface area is 40.3 Å². The zero-order valence-electron chi connectivity index (χ0n) is 3.57. The summed E-state index contributed by atoms with van der Waals surface area (Å²) in [5.74, 6) is 0. The van der Waals surface area contributed by atoms with Gasteiger partial charge in [-0.1, -0.05) is 0 Å². The van der Waals surface area contributed by atoms with Crippen molar-refractivity contribution in [2.24, 2.45) is 0 Å². The van der Waals surface area contributed by atoms with E-state index in [1.807, 2.05) is 0 Å². The quantitative estimate of drug-likeness (QED) is 0.386. The van der Waals surface area contributed by atoms with Crippen LogP contribution in [0.5, 0.6) is 0 Å². The van der Waals surface area contributed by atoms with Gasteiger partial charge in [-0.2, -0.15) is 5.10 Å². The third-order valence-corrected chi connectivity index (χ3v) is 0.569. The van der Waals surface area contributed by atoms with E-state index in [2.05, 4.69) is 10.1 Å². The minimum Gasteiger partial charge on any atom is -0.289 e. The van der Waals surface area contributed by atoms with Crippen molar-refractivity contribution < 1.29 is 0 Å². The Morgan fingerprint density at radius 3 is 2.86 bits per heavy atom. The lowest BCUT2D eigenvalue weighted by atomic mass is 11.2. The SMILES string of the molecule is N=Cn1cncn1. The first-order valence-electron chi connectivity index (χ1n) is 1.78. The number of rotatable bonds is 1. The zero-order valence-corrected chi connectivity index (χ0v) is 3.57. The summed E-state index contributed by atoms with van der Waals surface area (Å²) >= 11 is 0. The maximum Gasteiger partial charge on any atom is 0.138 e. The van der Waals surface area contributed by atoms with Crippen molar-refractivity contribution in [3.8, 4) is 0 Å². The van der Waals surface area contributed by atoms with Crippen molar-refractivity contribution in [2.75, 3.05) is 0 Å². The van der Waals surface area contributed by atoms with E-state index in [0.717, 1.165) is 6.34 Å². The minimum absolute atomic E-state index is 1.08. The van der Waals surface area contributed by atoms with Gasteiger partial charge in [0.05, 0.1) is 0 Å². The van der Waals surface area contributed by atoms with Crippen LogP contribution in [0, 0.1) is 5.41 Å². The summed E-state index contributed by atoms with van der Waals surface area (Å²) in [6.07, 6.45) is 3.91. The van der Waals surface area contributed by atoms with E-state index < -0.39 is 0 Å². The molecule has 1 aromatic heterocycles. The molecule has 1 heterocycles. The van der Waals surface area contributed by atoms with Crippen LogP contribution in [0.15, 0.2) is 12.7 Å². The van der Waals surface area contributed by atoms with Gasteiger partial charge in [-0.05, 0) is 0 Å². The Hall–Kier alpha value is -1.19. The molecule has 1 N–H and O–H groups in total. The van der Waals surface area contributed by atoms with Crippen LogP contribution in [0.4, 0.5) is 0 Å².